The van der Waals surface area contributed by atoms with E-state index in [2.05, 4.69) is 6.58 Å². The number of allylic oxidation sites excluding steroid dienone is 1. The summed E-state index contributed by atoms with van der Waals surface area (Å²) in [7, 11) is 1.91. The lowest BCUT2D eigenvalue weighted by atomic mass is 9.84. The first-order valence-electron chi connectivity index (χ1n) is 4.86. The predicted octanol–water partition coefficient (Wildman–Crippen LogP) is 2.34. The number of phenolic OH excluding ortho intramolecular Hbond substituents is 2. The molecule has 0 saturated carbocycles. The summed E-state index contributed by atoms with van der Waals surface area (Å²) in [5.74, 6) is -0.118. The molecule has 1 aliphatic heterocycles. The lowest BCUT2D eigenvalue weighted by Gasteiger charge is -2.22. The molecule has 0 atom stereocenters. The van der Waals surface area contributed by atoms with Crippen LogP contribution in [0, 0.1) is 0 Å². The minimum absolute atomic E-state index is 0.0389. The predicted molar refractivity (Wildman–Crippen MR) is 60.3 cm³/mol. The number of phenols is 2. The third kappa shape index (κ3) is 1.06. The zero-order valence-corrected chi connectivity index (χ0v) is 9.20. The van der Waals surface area contributed by atoms with Gasteiger partial charge in [0.25, 0.3) is 0 Å². The third-order valence-corrected chi connectivity index (χ3v) is 3.25. The van der Waals surface area contributed by atoms with Crippen molar-refractivity contribution >= 4 is 5.69 Å². The molecule has 0 amide bonds. The van der Waals surface area contributed by atoms with E-state index in [0.29, 0.717) is 0 Å². The van der Waals surface area contributed by atoms with Gasteiger partial charge in [-0.2, -0.15) is 0 Å². The van der Waals surface area contributed by atoms with Gasteiger partial charge in [-0.1, -0.05) is 20.4 Å². The van der Waals surface area contributed by atoms with E-state index < -0.39 is 0 Å². The van der Waals surface area contributed by atoms with Crippen LogP contribution in [0.1, 0.15) is 19.4 Å². The van der Waals surface area contributed by atoms with Crippen LogP contribution in [0.25, 0.3) is 0 Å². The van der Waals surface area contributed by atoms with Crippen LogP contribution < -0.4 is 4.90 Å². The molecule has 2 rings (SSSR count). The van der Waals surface area contributed by atoms with Crippen molar-refractivity contribution in [1.82, 2.24) is 0 Å². The van der Waals surface area contributed by atoms with Crippen LogP contribution in [0.2, 0.25) is 0 Å². The number of nitrogens with zero attached hydrogens (tertiary/aromatic N) is 1. The van der Waals surface area contributed by atoms with Gasteiger partial charge in [0.2, 0.25) is 0 Å². The van der Waals surface area contributed by atoms with Gasteiger partial charge < -0.3 is 15.1 Å². The summed E-state index contributed by atoms with van der Waals surface area (Å²) in [4.78, 5) is 1.94. The molecule has 0 fully saturated rings. The number of benzene rings is 1. The van der Waals surface area contributed by atoms with Crippen molar-refractivity contribution in [2.45, 2.75) is 19.3 Å². The Morgan fingerprint density at radius 3 is 2.47 bits per heavy atom. The second kappa shape index (κ2) is 2.69. The molecule has 80 valence electrons. The lowest BCUT2D eigenvalue weighted by Crippen LogP contribution is -2.21. The van der Waals surface area contributed by atoms with Gasteiger partial charge in [0.15, 0.2) is 11.5 Å². The molecule has 0 aliphatic carbocycles. The maximum atomic E-state index is 9.87. The van der Waals surface area contributed by atoms with Crippen LogP contribution in [0.15, 0.2) is 24.4 Å². The summed E-state index contributed by atoms with van der Waals surface area (Å²) in [6.07, 6.45) is 0. The van der Waals surface area contributed by atoms with Crippen LogP contribution in [0.3, 0.4) is 0 Å². The van der Waals surface area contributed by atoms with E-state index in [0.717, 1.165) is 16.9 Å². The Morgan fingerprint density at radius 2 is 1.87 bits per heavy atom. The topological polar surface area (TPSA) is 43.7 Å². The summed E-state index contributed by atoms with van der Waals surface area (Å²) in [6.45, 7) is 7.97. The second-order valence-corrected chi connectivity index (χ2v) is 4.46. The Hall–Kier alpha value is -1.64. The molecule has 1 heterocycles. The van der Waals surface area contributed by atoms with Crippen molar-refractivity contribution in [3.8, 4) is 11.5 Å². The van der Waals surface area contributed by atoms with E-state index in [-0.39, 0.29) is 16.9 Å². The first-order chi connectivity index (χ1) is 6.87. The van der Waals surface area contributed by atoms with Gasteiger partial charge in [-0.05, 0) is 12.1 Å². The molecule has 0 saturated heterocycles. The van der Waals surface area contributed by atoms with Crippen molar-refractivity contribution in [1.29, 1.82) is 0 Å². The molecule has 0 aromatic heterocycles. The van der Waals surface area contributed by atoms with E-state index in [1.165, 1.54) is 6.07 Å². The minimum atomic E-state index is -0.340. The zero-order chi connectivity index (χ0) is 11.4. The van der Waals surface area contributed by atoms with E-state index in [9.17, 15) is 10.2 Å². The van der Waals surface area contributed by atoms with Gasteiger partial charge in [-0.3, -0.25) is 0 Å². The van der Waals surface area contributed by atoms with E-state index in [4.69, 9.17) is 0 Å². The van der Waals surface area contributed by atoms with E-state index in [1.54, 1.807) is 6.07 Å². The van der Waals surface area contributed by atoms with Gasteiger partial charge in [0.05, 0.1) is 0 Å². The maximum absolute atomic E-state index is 9.87. The van der Waals surface area contributed by atoms with Gasteiger partial charge in [0, 0.05) is 29.4 Å². The minimum Gasteiger partial charge on any atom is -0.504 e. The van der Waals surface area contributed by atoms with Crippen LogP contribution in [-0.4, -0.2) is 17.3 Å². The number of rotatable bonds is 0. The molecule has 1 aromatic carbocycles. The molecule has 0 unspecified atom stereocenters. The molecule has 1 aliphatic rings. The number of anilines is 1. The van der Waals surface area contributed by atoms with Crippen molar-refractivity contribution in [2.24, 2.45) is 0 Å². The molecular formula is C12H15NO2. The van der Waals surface area contributed by atoms with Gasteiger partial charge in [-0.25, -0.2) is 0 Å². The lowest BCUT2D eigenvalue weighted by molar-refractivity contribution is 0.394. The standard InChI is InChI=1S/C12H15NO2/c1-7-12(2,3)10-8(13(7)4)5-6-9(14)11(10)15/h5-6,14-15H,1H2,2-4H3. The third-order valence-electron chi connectivity index (χ3n) is 3.25. The Morgan fingerprint density at radius 1 is 1.27 bits per heavy atom. The van der Waals surface area contributed by atoms with Crippen molar-refractivity contribution in [2.75, 3.05) is 11.9 Å². The average molecular weight is 205 g/mol. The van der Waals surface area contributed by atoms with Crippen LogP contribution in [-0.2, 0) is 5.41 Å². The highest BCUT2D eigenvalue weighted by atomic mass is 16.3. The highest BCUT2D eigenvalue weighted by molar-refractivity contribution is 5.75. The van der Waals surface area contributed by atoms with E-state index in [1.807, 2.05) is 25.8 Å². The number of aromatic hydroxyl groups is 2. The first-order valence-corrected chi connectivity index (χ1v) is 4.86. The molecule has 0 spiro atoms. The highest BCUT2D eigenvalue weighted by Gasteiger charge is 2.40. The smallest absolute Gasteiger partial charge is 0.163 e. The Bertz CT molecular complexity index is 449. The SMILES string of the molecule is C=C1N(C)c2ccc(O)c(O)c2C1(C)C. The van der Waals surface area contributed by atoms with Crippen LogP contribution in [0.4, 0.5) is 5.69 Å². The van der Waals surface area contributed by atoms with Gasteiger partial charge in [-0.15, -0.1) is 0 Å². The van der Waals surface area contributed by atoms with Crippen molar-refractivity contribution in [3.63, 3.8) is 0 Å². The van der Waals surface area contributed by atoms with Crippen LogP contribution >= 0.6 is 0 Å². The summed E-state index contributed by atoms with van der Waals surface area (Å²) in [5, 5.41) is 19.4. The Balaban J connectivity index is 2.79. The molecule has 0 radical (unpaired) electrons. The van der Waals surface area contributed by atoms with Gasteiger partial charge in [0.1, 0.15) is 0 Å². The zero-order valence-electron chi connectivity index (χ0n) is 9.20. The fourth-order valence-electron chi connectivity index (χ4n) is 2.17. The maximum Gasteiger partial charge on any atom is 0.163 e. The summed E-state index contributed by atoms with van der Waals surface area (Å²) >= 11 is 0. The summed E-state index contributed by atoms with van der Waals surface area (Å²) in [6, 6.07) is 3.30. The largest absolute Gasteiger partial charge is 0.504 e. The molecule has 0 bridgehead atoms. The molecule has 15 heavy (non-hydrogen) atoms. The summed E-state index contributed by atoms with van der Waals surface area (Å²) < 4.78 is 0. The normalized spacial score (nSPS) is 18.1. The van der Waals surface area contributed by atoms with Crippen LogP contribution in [0.5, 0.6) is 11.5 Å². The quantitative estimate of drug-likeness (QED) is 0.639. The number of fused-ring (bicyclic) bond motifs is 1. The van der Waals surface area contributed by atoms with Crippen molar-refractivity contribution in [3.05, 3.63) is 30.0 Å². The fourth-order valence-corrected chi connectivity index (χ4v) is 2.17. The van der Waals surface area contributed by atoms with Crippen molar-refractivity contribution < 1.29 is 10.2 Å². The second-order valence-electron chi connectivity index (χ2n) is 4.46. The molecule has 1 aromatic rings. The Kier molecular flexibility index (Phi) is 1.77. The molecule has 3 nitrogen and oxygen atoms in total. The molecular weight excluding hydrogens is 190 g/mol. The molecule has 2 N–H and O–H groups in total. The Labute approximate surface area is 89.3 Å². The number of hydrogen-bond acceptors (Lipinski definition) is 3. The average Bonchev–Trinajstić information content (AvgIpc) is 2.34. The fraction of sp³-hybridized carbons (Fsp3) is 0.333. The van der Waals surface area contributed by atoms with E-state index >= 15 is 0 Å². The monoisotopic (exact) mass is 205 g/mol. The molecule has 3 heteroatoms. The van der Waals surface area contributed by atoms with Gasteiger partial charge >= 0.3 is 0 Å². The first kappa shape index (κ1) is 9.90. The summed E-state index contributed by atoms with van der Waals surface area (Å²) in [5.41, 5.74) is 2.22. The highest BCUT2D eigenvalue weighted by Crippen LogP contribution is 2.52. The number of likely N-dealkylation sites (N-methyl/N-ethyl adjacent to an activating group) is 1. The number of hydrogen-bond donors (Lipinski definition) is 2.